The molecule has 0 saturated carbocycles. The van der Waals surface area contributed by atoms with Gasteiger partial charge in [0.25, 0.3) is 5.91 Å². The standard InChI is InChI=1S/C14H18N4O/c1-3-6-18-9-11(15)8-13(18)14(19)17-12-4-5-16-10(2)7-12/h4-5,7-9H,3,6,15H2,1-2H3,(H,16,17,19). The van der Waals surface area contributed by atoms with Gasteiger partial charge in [0.05, 0.1) is 5.69 Å². The maximum absolute atomic E-state index is 12.2. The van der Waals surface area contributed by atoms with E-state index in [2.05, 4.69) is 17.2 Å². The van der Waals surface area contributed by atoms with Crippen molar-refractivity contribution in [3.05, 3.63) is 42.0 Å². The first-order valence-electron chi connectivity index (χ1n) is 6.30. The van der Waals surface area contributed by atoms with E-state index in [9.17, 15) is 4.79 Å². The van der Waals surface area contributed by atoms with E-state index < -0.39 is 0 Å². The van der Waals surface area contributed by atoms with E-state index in [-0.39, 0.29) is 5.91 Å². The molecule has 0 aliphatic heterocycles. The van der Waals surface area contributed by atoms with Crippen LogP contribution in [-0.4, -0.2) is 15.5 Å². The molecular weight excluding hydrogens is 240 g/mol. The number of hydrogen-bond donors (Lipinski definition) is 2. The van der Waals surface area contributed by atoms with Gasteiger partial charge in [-0.1, -0.05) is 6.92 Å². The minimum Gasteiger partial charge on any atom is -0.397 e. The summed E-state index contributed by atoms with van der Waals surface area (Å²) in [6.07, 6.45) is 4.41. The van der Waals surface area contributed by atoms with Gasteiger partial charge in [0, 0.05) is 30.3 Å². The van der Waals surface area contributed by atoms with E-state index in [1.165, 1.54) is 0 Å². The Morgan fingerprint density at radius 1 is 1.47 bits per heavy atom. The Labute approximate surface area is 112 Å². The molecule has 0 fully saturated rings. The lowest BCUT2D eigenvalue weighted by Crippen LogP contribution is -2.16. The van der Waals surface area contributed by atoms with Gasteiger partial charge >= 0.3 is 0 Å². The average molecular weight is 258 g/mol. The lowest BCUT2D eigenvalue weighted by atomic mass is 10.3. The quantitative estimate of drug-likeness (QED) is 0.884. The molecule has 5 heteroatoms. The Balaban J connectivity index is 2.20. The fourth-order valence-corrected chi connectivity index (χ4v) is 1.97. The number of nitrogen functional groups attached to an aromatic ring is 1. The number of rotatable bonds is 4. The topological polar surface area (TPSA) is 72.9 Å². The molecule has 19 heavy (non-hydrogen) atoms. The monoisotopic (exact) mass is 258 g/mol. The van der Waals surface area contributed by atoms with Crippen molar-refractivity contribution >= 4 is 17.3 Å². The maximum atomic E-state index is 12.2. The van der Waals surface area contributed by atoms with Crippen LogP contribution in [0.3, 0.4) is 0 Å². The summed E-state index contributed by atoms with van der Waals surface area (Å²) in [4.78, 5) is 16.3. The van der Waals surface area contributed by atoms with Gasteiger partial charge in [0.2, 0.25) is 0 Å². The van der Waals surface area contributed by atoms with E-state index in [0.29, 0.717) is 11.4 Å². The number of anilines is 2. The molecule has 0 radical (unpaired) electrons. The van der Waals surface area contributed by atoms with Gasteiger partial charge in [-0.05, 0) is 31.5 Å². The van der Waals surface area contributed by atoms with E-state index in [1.54, 1.807) is 24.5 Å². The first-order chi connectivity index (χ1) is 9.10. The van der Waals surface area contributed by atoms with E-state index in [0.717, 1.165) is 24.3 Å². The molecule has 0 aliphatic carbocycles. The van der Waals surface area contributed by atoms with Crippen molar-refractivity contribution in [3.8, 4) is 0 Å². The second kappa shape index (κ2) is 5.56. The van der Waals surface area contributed by atoms with Crippen LogP contribution < -0.4 is 11.1 Å². The third-order valence-corrected chi connectivity index (χ3v) is 2.77. The average Bonchev–Trinajstić information content (AvgIpc) is 2.71. The van der Waals surface area contributed by atoms with Crippen molar-refractivity contribution in [2.75, 3.05) is 11.1 Å². The van der Waals surface area contributed by atoms with Gasteiger partial charge in [-0.3, -0.25) is 9.78 Å². The molecule has 5 nitrogen and oxygen atoms in total. The number of nitrogens with two attached hydrogens (primary N) is 1. The number of carbonyl (C=O) groups excluding carboxylic acids is 1. The number of amides is 1. The zero-order valence-corrected chi connectivity index (χ0v) is 11.2. The third kappa shape index (κ3) is 3.13. The highest BCUT2D eigenvalue weighted by atomic mass is 16.1. The Kier molecular flexibility index (Phi) is 3.85. The number of nitrogens with zero attached hydrogens (tertiary/aromatic N) is 2. The molecule has 2 aromatic heterocycles. The fraction of sp³-hybridized carbons (Fsp3) is 0.286. The van der Waals surface area contributed by atoms with E-state index >= 15 is 0 Å². The maximum Gasteiger partial charge on any atom is 0.272 e. The Morgan fingerprint density at radius 2 is 2.26 bits per heavy atom. The number of aryl methyl sites for hydroxylation is 2. The van der Waals surface area contributed by atoms with Gasteiger partial charge < -0.3 is 15.6 Å². The highest BCUT2D eigenvalue weighted by Gasteiger charge is 2.12. The highest BCUT2D eigenvalue weighted by molar-refractivity contribution is 6.03. The van der Waals surface area contributed by atoms with Crippen molar-refractivity contribution in [3.63, 3.8) is 0 Å². The lowest BCUT2D eigenvalue weighted by Gasteiger charge is -2.08. The Hall–Kier alpha value is -2.30. The Bertz CT molecular complexity index is 589. The molecular formula is C14H18N4O. The summed E-state index contributed by atoms with van der Waals surface area (Å²) in [5, 5.41) is 2.86. The van der Waals surface area contributed by atoms with Crippen LogP contribution in [0.2, 0.25) is 0 Å². The zero-order valence-electron chi connectivity index (χ0n) is 11.2. The number of nitrogens with one attached hydrogen (secondary N) is 1. The SMILES string of the molecule is CCCn1cc(N)cc1C(=O)Nc1ccnc(C)c1. The molecule has 0 atom stereocenters. The summed E-state index contributed by atoms with van der Waals surface area (Å²) in [6, 6.07) is 5.29. The molecule has 3 N–H and O–H groups in total. The fourth-order valence-electron chi connectivity index (χ4n) is 1.97. The first kappa shape index (κ1) is 13.1. The molecule has 2 heterocycles. The van der Waals surface area contributed by atoms with Gasteiger partial charge in [-0.15, -0.1) is 0 Å². The summed E-state index contributed by atoms with van der Waals surface area (Å²) in [6.45, 7) is 4.72. The molecule has 0 aromatic carbocycles. The van der Waals surface area contributed by atoms with Crippen molar-refractivity contribution in [1.82, 2.24) is 9.55 Å². The first-order valence-corrected chi connectivity index (χ1v) is 6.30. The number of hydrogen-bond acceptors (Lipinski definition) is 3. The smallest absolute Gasteiger partial charge is 0.272 e. The minimum atomic E-state index is -0.157. The summed E-state index contributed by atoms with van der Waals surface area (Å²) >= 11 is 0. The second-order valence-corrected chi connectivity index (χ2v) is 4.49. The van der Waals surface area contributed by atoms with Crippen molar-refractivity contribution in [2.24, 2.45) is 0 Å². The van der Waals surface area contributed by atoms with Crippen LogP contribution in [0.15, 0.2) is 30.6 Å². The van der Waals surface area contributed by atoms with Crippen LogP contribution in [0.4, 0.5) is 11.4 Å². The number of pyridine rings is 1. The van der Waals surface area contributed by atoms with E-state index in [4.69, 9.17) is 5.73 Å². The van der Waals surface area contributed by atoms with Crippen LogP contribution in [0, 0.1) is 6.92 Å². The van der Waals surface area contributed by atoms with Crippen molar-refractivity contribution in [2.45, 2.75) is 26.8 Å². The molecule has 0 bridgehead atoms. The molecule has 0 unspecified atom stereocenters. The van der Waals surface area contributed by atoms with Crippen LogP contribution in [-0.2, 0) is 6.54 Å². The predicted octanol–water partition coefficient (Wildman–Crippen LogP) is 2.44. The molecule has 0 spiro atoms. The summed E-state index contributed by atoms with van der Waals surface area (Å²) in [5.74, 6) is -0.157. The summed E-state index contributed by atoms with van der Waals surface area (Å²) < 4.78 is 1.87. The van der Waals surface area contributed by atoms with Gasteiger partial charge in [0.15, 0.2) is 0 Å². The van der Waals surface area contributed by atoms with E-state index in [1.807, 2.05) is 17.6 Å². The molecule has 0 saturated heterocycles. The van der Waals surface area contributed by atoms with Crippen LogP contribution >= 0.6 is 0 Å². The van der Waals surface area contributed by atoms with Gasteiger partial charge in [-0.2, -0.15) is 0 Å². The van der Waals surface area contributed by atoms with Crippen molar-refractivity contribution < 1.29 is 4.79 Å². The summed E-state index contributed by atoms with van der Waals surface area (Å²) in [7, 11) is 0. The Morgan fingerprint density at radius 3 is 2.95 bits per heavy atom. The largest absolute Gasteiger partial charge is 0.397 e. The number of aromatic nitrogens is 2. The third-order valence-electron chi connectivity index (χ3n) is 2.77. The molecule has 1 amide bonds. The van der Waals surface area contributed by atoms with Crippen LogP contribution in [0.25, 0.3) is 0 Å². The molecule has 0 aliphatic rings. The highest BCUT2D eigenvalue weighted by Crippen LogP contribution is 2.14. The second-order valence-electron chi connectivity index (χ2n) is 4.49. The molecule has 2 aromatic rings. The van der Waals surface area contributed by atoms with Crippen LogP contribution in [0.1, 0.15) is 29.5 Å². The molecule has 2 rings (SSSR count). The lowest BCUT2D eigenvalue weighted by molar-refractivity contribution is 0.101. The minimum absolute atomic E-state index is 0.157. The normalized spacial score (nSPS) is 10.4. The summed E-state index contributed by atoms with van der Waals surface area (Å²) in [5.41, 5.74) is 8.53. The predicted molar refractivity (Wildman–Crippen MR) is 76.1 cm³/mol. The van der Waals surface area contributed by atoms with Gasteiger partial charge in [-0.25, -0.2) is 0 Å². The van der Waals surface area contributed by atoms with Crippen LogP contribution in [0.5, 0.6) is 0 Å². The zero-order chi connectivity index (χ0) is 13.8. The van der Waals surface area contributed by atoms with Gasteiger partial charge in [0.1, 0.15) is 5.69 Å². The molecule has 100 valence electrons. The van der Waals surface area contributed by atoms with Crippen molar-refractivity contribution in [1.29, 1.82) is 0 Å². The number of carbonyl (C=O) groups is 1.